The molecule has 142 valence electrons. The van der Waals surface area contributed by atoms with Gasteiger partial charge in [-0.3, -0.25) is 4.99 Å². The summed E-state index contributed by atoms with van der Waals surface area (Å²) in [5.41, 5.74) is 2.45. The van der Waals surface area contributed by atoms with E-state index in [4.69, 9.17) is 9.47 Å². The highest BCUT2D eigenvalue weighted by molar-refractivity contribution is 5.79. The molecule has 5 nitrogen and oxygen atoms in total. The van der Waals surface area contributed by atoms with Crippen molar-refractivity contribution in [3.63, 3.8) is 0 Å². The van der Waals surface area contributed by atoms with Gasteiger partial charge in [0, 0.05) is 33.4 Å². The predicted octanol–water partition coefficient (Wildman–Crippen LogP) is 3.34. The van der Waals surface area contributed by atoms with Gasteiger partial charge in [0.05, 0.1) is 13.2 Å². The first kappa shape index (κ1) is 21.5. The number of hydrogen-bond donors (Lipinski definition) is 2. The molecule has 0 saturated heterocycles. The third-order valence-corrected chi connectivity index (χ3v) is 3.77. The van der Waals surface area contributed by atoms with Crippen molar-refractivity contribution < 1.29 is 9.47 Å². The first-order chi connectivity index (χ1) is 12.2. The highest BCUT2D eigenvalue weighted by atomic mass is 16.5. The molecule has 0 bridgehead atoms. The summed E-state index contributed by atoms with van der Waals surface area (Å²) in [4.78, 5) is 4.26. The second-order valence-electron chi connectivity index (χ2n) is 6.47. The van der Waals surface area contributed by atoms with E-state index in [2.05, 4.69) is 60.7 Å². The Bertz CT molecular complexity index is 490. The zero-order chi connectivity index (χ0) is 18.3. The number of ether oxygens (including phenoxy) is 2. The van der Waals surface area contributed by atoms with Crippen LogP contribution in [0.25, 0.3) is 0 Å². The summed E-state index contributed by atoms with van der Waals surface area (Å²) in [5, 5.41) is 6.64. The molecule has 25 heavy (non-hydrogen) atoms. The Morgan fingerprint density at radius 3 is 2.48 bits per heavy atom. The zero-order valence-electron chi connectivity index (χ0n) is 16.3. The van der Waals surface area contributed by atoms with E-state index in [0.717, 1.165) is 45.1 Å². The van der Waals surface area contributed by atoms with Gasteiger partial charge in [0.2, 0.25) is 0 Å². The van der Waals surface area contributed by atoms with Crippen LogP contribution in [0.4, 0.5) is 0 Å². The first-order valence-corrected chi connectivity index (χ1v) is 9.34. The lowest BCUT2D eigenvalue weighted by atomic mass is 10.1. The molecule has 0 atom stereocenters. The summed E-state index contributed by atoms with van der Waals surface area (Å²) >= 11 is 0. The second kappa shape index (κ2) is 13.7. The van der Waals surface area contributed by atoms with E-state index >= 15 is 0 Å². The molecule has 0 aliphatic heterocycles. The summed E-state index contributed by atoms with van der Waals surface area (Å²) in [5.74, 6) is 1.47. The van der Waals surface area contributed by atoms with Crippen molar-refractivity contribution in [2.75, 3.05) is 33.4 Å². The normalized spacial score (nSPS) is 11.8. The van der Waals surface area contributed by atoms with Crippen molar-refractivity contribution in [3.8, 4) is 0 Å². The Hall–Kier alpha value is -1.59. The van der Waals surface area contributed by atoms with Crippen molar-refractivity contribution in [3.05, 3.63) is 35.4 Å². The summed E-state index contributed by atoms with van der Waals surface area (Å²) < 4.78 is 11.3. The van der Waals surface area contributed by atoms with Crippen molar-refractivity contribution in [1.82, 2.24) is 10.6 Å². The molecule has 1 rings (SSSR count). The standard InChI is InChI=1S/C20H35N3O2/c1-5-12-25-16-19-9-7-6-8-18(19)15-23-20(21-4)22-11-14-24-13-10-17(2)3/h6-9,17H,5,10-16H2,1-4H3,(H2,21,22,23). The number of hydrogen-bond acceptors (Lipinski definition) is 3. The van der Waals surface area contributed by atoms with Gasteiger partial charge in [-0.2, -0.15) is 0 Å². The molecule has 0 spiro atoms. The minimum atomic E-state index is 0.654. The Morgan fingerprint density at radius 1 is 1.04 bits per heavy atom. The molecule has 0 radical (unpaired) electrons. The van der Waals surface area contributed by atoms with Crippen molar-refractivity contribution in [2.45, 2.75) is 46.8 Å². The van der Waals surface area contributed by atoms with Gasteiger partial charge < -0.3 is 20.1 Å². The Kier molecular flexibility index (Phi) is 11.7. The molecular formula is C20H35N3O2. The molecule has 0 aliphatic rings. The van der Waals surface area contributed by atoms with Gasteiger partial charge in [-0.1, -0.05) is 45.0 Å². The Labute approximate surface area is 153 Å². The number of guanidine groups is 1. The molecule has 0 saturated carbocycles. The summed E-state index contributed by atoms with van der Waals surface area (Å²) in [6.07, 6.45) is 2.14. The fourth-order valence-corrected chi connectivity index (χ4v) is 2.26. The van der Waals surface area contributed by atoms with Crippen LogP contribution >= 0.6 is 0 Å². The first-order valence-electron chi connectivity index (χ1n) is 9.34. The average Bonchev–Trinajstić information content (AvgIpc) is 2.61. The van der Waals surface area contributed by atoms with Crippen LogP contribution in [0.15, 0.2) is 29.3 Å². The molecule has 0 heterocycles. The molecule has 5 heteroatoms. The van der Waals surface area contributed by atoms with Crippen molar-refractivity contribution in [2.24, 2.45) is 10.9 Å². The Morgan fingerprint density at radius 2 is 1.80 bits per heavy atom. The lowest BCUT2D eigenvalue weighted by Crippen LogP contribution is -2.38. The maximum absolute atomic E-state index is 5.67. The molecule has 1 aromatic rings. The number of nitrogens with one attached hydrogen (secondary N) is 2. The zero-order valence-corrected chi connectivity index (χ0v) is 16.3. The largest absolute Gasteiger partial charge is 0.380 e. The van der Waals surface area contributed by atoms with Crippen molar-refractivity contribution in [1.29, 1.82) is 0 Å². The van der Waals surface area contributed by atoms with E-state index in [1.54, 1.807) is 7.05 Å². The van der Waals surface area contributed by atoms with E-state index < -0.39 is 0 Å². The van der Waals surface area contributed by atoms with Crippen LogP contribution < -0.4 is 10.6 Å². The minimum absolute atomic E-state index is 0.654. The lowest BCUT2D eigenvalue weighted by molar-refractivity contribution is 0.121. The summed E-state index contributed by atoms with van der Waals surface area (Å²) in [7, 11) is 1.78. The molecule has 0 aromatic heterocycles. The fourth-order valence-electron chi connectivity index (χ4n) is 2.26. The quantitative estimate of drug-likeness (QED) is 0.345. The highest BCUT2D eigenvalue weighted by Crippen LogP contribution is 2.10. The van der Waals surface area contributed by atoms with Gasteiger partial charge in [-0.25, -0.2) is 0 Å². The molecule has 1 aromatic carbocycles. The van der Waals surface area contributed by atoms with Gasteiger partial charge in [0.15, 0.2) is 5.96 Å². The molecule has 0 fully saturated rings. The predicted molar refractivity (Wildman–Crippen MR) is 105 cm³/mol. The molecule has 0 aliphatic carbocycles. The van der Waals surface area contributed by atoms with Crippen LogP contribution in [0.2, 0.25) is 0 Å². The summed E-state index contributed by atoms with van der Waals surface area (Å²) in [6, 6.07) is 8.35. The molecule has 2 N–H and O–H groups in total. The molecular weight excluding hydrogens is 314 g/mol. The summed E-state index contributed by atoms with van der Waals surface area (Å²) in [6.45, 7) is 11.0. The van der Waals surface area contributed by atoms with Crippen LogP contribution in [0.3, 0.4) is 0 Å². The SMILES string of the molecule is CCCOCc1ccccc1CNC(=NC)NCCOCCC(C)C. The number of rotatable bonds is 12. The van der Waals surface area contributed by atoms with Gasteiger partial charge in [0.25, 0.3) is 0 Å². The van der Waals surface area contributed by atoms with Crippen LogP contribution in [0, 0.1) is 5.92 Å². The minimum Gasteiger partial charge on any atom is -0.380 e. The number of benzene rings is 1. The van der Waals surface area contributed by atoms with Gasteiger partial charge in [-0.05, 0) is 29.9 Å². The van der Waals surface area contributed by atoms with E-state index in [9.17, 15) is 0 Å². The van der Waals surface area contributed by atoms with Gasteiger partial charge in [0.1, 0.15) is 0 Å². The fraction of sp³-hybridized carbons (Fsp3) is 0.650. The van der Waals surface area contributed by atoms with E-state index in [0.29, 0.717) is 19.1 Å². The third-order valence-electron chi connectivity index (χ3n) is 3.77. The molecule has 0 unspecified atom stereocenters. The third kappa shape index (κ3) is 10.1. The van der Waals surface area contributed by atoms with Gasteiger partial charge >= 0.3 is 0 Å². The maximum atomic E-state index is 5.67. The highest BCUT2D eigenvalue weighted by Gasteiger charge is 2.04. The number of aliphatic imine (C=N–C) groups is 1. The topological polar surface area (TPSA) is 54.9 Å². The van der Waals surface area contributed by atoms with Crippen molar-refractivity contribution >= 4 is 5.96 Å². The average molecular weight is 350 g/mol. The van der Waals surface area contributed by atoms with Crippen LogP contribution in [0.1, 0.15) is 44.7 Å². The van der Waals surface area contributed by atoms with Crippen LogP contribution in [0.5, 0.6) is 0 Å². The van der Waals surface area contributed by atoms with Crippen LogP contribution in [-0.2, 0) is 22.6 Å². The monoisotopic (exact) mass is 349 g/mol. The second-order valence-corrected chi connectivity index (χ2v) is 6.47. The Balaban J connectivity index is 2.32. The van der Waals surface area contributed by atoms with Crippen LogP contribution in [-0.4, -0.2) is 39.4 Å². The van der Waals surface area contributed by atoms with E-state index in [1.165, 1.54) is 11.1 Å². The lowest BCUT2D eigenvalue weighted by Gasteiger charge is -2.14. The smallest absolute Gasteiger partial charge is 0.191 e. The maximum Gasteiger partial charge on any atom is 0.191 e. The number of nitrogens with zero attached hydrogens (tertiary/aromatic N) is 1. The van der Waals surface area contributed by atoms with E-state index in [1.807, 2.05) is 0 Å². The van der Waals surface area contributed by atoms with Gasteiger partial charge in [-0.15, -0.1) is 0 Å². The molecule has 0 amide bonds. The van der Waals surface area contributed by atoms with E-state index in [-0.39, 0.29) is 0 Å².